The van der Waals surface area contributed by atoms with Crippen molar-refractivity contribution in [1.82, 2.24) is 0 Å². The predicted molar refractivity (Wildman–Crippen MR) is 124 cm³/mol. The summed E-state index contributed by atoms with van der Waals surface area (Å²) in [5.74, 6) is -0.419. The molecule has 0 amide bonds. The molecule has 0 spiro atoms. The molecule has 2 aliphatic rings. The van der Waals surface area contributed by atoms with E-state index in [1.54, 1.807) is 14.2 Å². The molecular formula is C26H35NO5. The topological polar surface area (TPSA) is 74.2 Å². The fourth-order valence-electron chi connectivity index (χ4n) is 4.86. The van der Waals surface area contributed by atoms with Gasteiger partial charge in [-0.1, -0.05) is 45.7 Å². The van der Waals surface area contributed by atoms with Crippen LogP contribution in [0.4, 0.5) is 0 Å². The van der Waals surface area contributed by atoms with Crippen LogP contribution < -0.4 is 9.47 Å². The number of esters is 1. The molecule has 0 saturated heterocycles. The summed E-state index contributed by atoms with van der Waals surface area (Å²) >= 11 is 0. The number of hydrogen-bond acceptors (Lipinski definition) is 6. The first kappa shape index (κ1) is 24.0. The van der Waals surface area contributed by atoms with Crippen molar-refractivity contribution in [3.8, 4) is 11.5 Å². The third-order valence-corrected chi connectivity index (χ3v) is 6.32. The summed E-state index contributed by atoms with van der Waals surface area (Å²) in [5.41, 5.74) is 2.63. The van der Waals surface area contributed by atoms with Crippen LogP contribution in [-0.4, -0.2) is 38.3 Å². The van der Waals surface area contributed by atoms with Crippen molar-refractivity contribution in [2.75, 3.05) is 20.8 Å². The van der Waals surface area contributed by atoms with Crippen LogP contribution in [-0.2, 0) is 14.3 Å². The second kappa shape index (κ2) is 9.88. The zero-order valence-electron chi connectivity index (χ0n) is 20.1. The summed E-state index contributed by atoms with van der Waals surface area (Å²) in [4.78, 5) is 31.5. The summed E-state index contributed by atoms with van der Waals surface area (Å²) in [6.07, 6.45) is 3.97. The van der Waals surface area contributed by atoms with E-state index in [2.05, 4.69) is 20.8 Å². The number of nitrogens with zero attached hydrogens (tertiary/aromatic N) is 1. The third-order valence-electron chi connectivity index (χ3n) is 6.32. The van der Waals surface area contributed by atoms with Crippen LogP contribution in [0.5, 0.6) is 11.5 Å². The molecule has 0 fully saturated rings. The smallest absolute Gasteiger partial charge is 0.315 e. The van der Waals surface area contributed by atoms with E-state index in [9.17, 15) is 9.59 Å². The number of ether oxygens (including phenoxy) is 3. The van der Waals surface area contributed by atoms with Crippen molar-refractivity contribution < 1.29 is 23.8 Å². The molecule has 1 aliphatic heterocycles. The average Bonchev–Trinajstić information content (AvgIpc) is 2.74. The van der Waals surface area contributed by atoms with Gasteiger partial charge in [-0.15, -0.1) is 0 Å². The van der Waals surface area contributed by atoms with Crippen molar-refractivity contribution in [2.45, 2.75) is 65.7 Å². The fourth-order valence-corrected chi connectivity index (χ4v) is 4.86. The highest BCUT2D eigenvalue weighted by atomic mass is 16.5. The third kappa shape index (κ3) is 4.74. The molecule has 0 bridgehead atoms. The van der Waals surface area contributed by atoms with Gasteiger partial charge in [0, 0.05) is 34.9 Å². The van der Waals surface area contributed by atoms with Gasteiger partial charge in [-0.25, -0.2) is 0 Å². The zero-order valence-corrected chi connectivity index (χ0v) is 20.1. The molecule has 0 radical (unpaired) electrons. The molecule has 0 saturated carbocycles. The van der Waals surface area contributed by atoms with Crippen LogP contribution in [0, 0.1) is 11.3 Å². The number of aliphatic imine (C=N–C) groups is 1. The second-order valence-electron chi connectivity index (χ2n) is 9.47. The van der Waals surface area contributed by atoms with Crippen LogP contribution >= 0.6 is 0 Å². The molecule has 3 rings (SSSR count). The van der Waals surface area contributed by atoms with E-state index < -0.39 is 11.8 Å². The number of unbranched alkanes of at least 4 members (excludes halogenated alkanes) is 2. The Labute approximate surface area is 191 Å². The number of Topliss-reactive ketones (excluding diaryl/α,β-unsaturated/α-hetero) is 1. The van der Waals surface area contributed by atoms with Crippen LogP contribution in [0.2, 0.25) is 0 Å². The van der Waals surface area contributed by atoms with Crippen molar-refractivity contribution >= 4 is 17.5 Å². The number of carbonyl (C=O) groups excluding carboxylic acids is 2. The van der Waals surface area contributed by atoms with E-state index in [0.29, 0.717) is 42.2 Å². The highest BCUT2D eigenvalue weighted by molar-refractivity contribution is 6.09. The van der Waals surface area contributed by atoms with E-state index in [1.807, 2.05) is 25.1 Å². The molecular weight excluding hydrogens is 406 g/mol. The molecule has 0 N–H and O–H groups in total. The first-order valence-corrected chi connectivity index (χ1v) is 11.4. The van der Waals surface area contributed by atoms with Gasteiger partial charge in [-0.05, 0) is 31.2 Å². The molecule has 1 aromatic rings. The van der Waals surface area contributed by atoms with Crippen molar-refractivity contribution in [3.63, 3.8) is 0 Å². The number of para-hydroxylation sites is 1. The maximum Gasteiger partial charge on any atom is 0.315 e. The summed E-state index contributed by atoms with van der Waals surface area (Å²) in [7, 11) is 3.15. The maximum atomic E-state index is 13.4. The van der Waals surface area contributed by atoms with Crippen LogP contribution in [0.25, 0.3) is 0 Å². The molecule has 1 heterocycles. The summed E-state index contributed by atoms with van der Waals surface area (Å²) < 4.78 is 16.9. The van der Waals surface area contributed by atoms with Crippen LogP contribution in [0.1, 0.15) is 71.3 Å². The molecule has 174 valence electrons. The number of benzene rings is 1. The standard InChI is InChI=1S/C26H35NO5/c1-7-8-9-13-32-25(29)21-16(2)27-18-14-26(3,4)15-19(28)23(18)22(21)17-11-10-12-20(30-5)24(17)31-6/h10-12,21-22H,7-9,13-15H2,1-6H3/t21?,22-/m0/s1. The van der Waals surface area contributed by atoms with Gasteiger partial charge in [0.05, 0.1) is 20.8 Å². The van der Waals surface area contributed by atoms with Gasteiger partial charge < -0.3 is 14.2 Å². The summed E-state index contributed by atoms with van der Waals surface area (Å²) in [6.45, 7) is 8.48. The van der Waals surface area contributed by atoms with Gasteiger partial charge in [0.2, 0.25) is 0 Å². The molecule has 32 heavy (non-hydrogen) atoms. The molecule has 6 nitrogen and oxygen atoms in total. The predicted octanol–water partition coefficient (Wildman–Crippen LogP) is 5.25. The van der Waals surface area contributed by atoms with Gasteiger partial charge in [-0.2, -0.15) is 0 Å². The normalized spacial score (nSPS) is 22.2. The van der Waals surface area contributed by atoms with E-state index in [0.717, 1.165) is 30.5 Å². The maximum absolute atomic E-state index is 13.4. The van der Waals surface area contributed by atoms with Gasteiger partial charge in [0.25, 0.3) is 0 Å². The number of rotatable bonds is 8. The number of methoxy groups -OCH3 is 2. The minimum Gasteiger partial charge on any atom is -0.493 e. The Bertz CT molecular complexity index is 944. The average molecular weight is 442 g/mol. The van der Waals surface area contributed by atoms with E-state index in [4.69, 9.17) is 19.2 Å². The molecule has 1 unspecified atom stereocenters. The monoisotopic (exact) mass is 441 g/mol. The molecule has 0 aromatic heterocycles. The molecule has 1 aliphatic carbocycles. The number of hydrogen-bond donors (Lipinski definition) is 0. The molecule has 1 aromatic carbocycles. The van der Waals surface area contributed by atoms with Gasteiger partial charge in [-0.3, -0.25) is 14.6 Å². The molecule has 2 atom stereocenters. The van der Waals surface area contributed by atoms with Crippen LogP contribution in [0.3, 0.4) is 0 Å². The highest BCUT2D eigenvalue weighted by Crippen LogP contribution is 2.50. The fraction of sp³-hybridized carbons (Fsp3) is 0.577. The van der Waals surface area contributed by atoms with E-state index in [-0.39, 0.29) is 17.2 Å². The Hall–Kier alpha value is -2.63. The largest absolute Gasteiger partial charge is 0.493 e. The Kier molecular flexibility index (Phi) is 7.42. The lowest BCUT2D eigenvalue weighted by Crippen LogP contribution is -2.39. The van der Waals surface area contributed by atoms with Crippen molar-refractivity contribution in [1.29, 1.82) is 0 Å². The highest BCUT2D eigenvalue weighted by Gasteiger charge is 2.47. The summed E-state index contributed by atoms with van der Waals surface area (Å²) in [6, 6.07) is 5.57. The van der Waals surface area contributed by atoms with Gasteiger partial charge in [0.1, 0.15) is 5.92 Å². The lowest BCUT2D eigenvalue weighted by Gasteiger charge is -2.39. The van der Waals surface area contributed by atoms with Gasteiger partial charge in [0.15, 0.2) is 17.3 Å². The van der Waals surface area contributed by atoms with E-state index in [1.165, 1.54) is 0 Å². The minimum atomic E-state index is -0.679. The number of allylic oxidation sites excluding steroid dienone is 2. The van der Waals surface area contributed by atoms with E-state index >= 15 is 0 Å². The summed E-state index contributed by atoms with van der Waals surface area (Å²) in [5, 5.41) is 0. The Morgan fingerprint density at radius 2 is 1.91 bits per heavy atom. The Balaban J connectivity index is 2.12. The van der Waals surface area contributed by atoms with Crippen LogP contribution in [0.15, 0.2) is 34.5 Å². The number of carbonyl (C=O) groups is 2. The zero-order chi connectivity index (χ0) is 23.5. The Morgan fingerprint density at radius 1 is 1.16 bits per heavy atom. The number of ketones is 1. The minimum absolute atomic E-state index is 0.0335. The van der Waals surface area contributed by atoms with Gasteiger partial charge >= 0.3 is 5.97 Å². The molecule has 6 heteroatoms. The van der Waals surface area contributed by atoms with Crippen molar-refractivity contribution in [2.24, 2.45) is 16.3 Å². The quantitative estimate of drug-likeness (QED) is 0.407. The first-order chi connectivity index (χ1) is 15.2. The first-order valence-electron chi connectivity index (χ1n) is 11.4. The lowest BCUT2D eigenvalue weighted by molar-refractivity contribution is -0.146. The lowest BCUT2D eigenvalue weighted by atomic mass is 9.66. The SMILES string of the molecule is CCCCCOC(=O)C1C(C)=NC2=C(C(=O)CC(C)(C)C2)[C@H]1c1cccc(OC)c1OC. The Morgan fingerprint density at radius 3 is 2.56 bits per heavy atom. The second-order valence-corrected chi connectivity index (χ2v) is 9.47. The van der Waals surface area contributed by atoms with Crippen molar-refractivity contribution in [3.05, 3.63) is 35.0 Å².